The van der Waals surface area contributed by atoms with Gasteiger partial charge >= 0.3 is 5.97 Å². The number of allylic oxidation sites excluding steroid dienone is 2. The van der Waals surface area contributed by atoms with E-state index in [1.54, 1.807) is 31.2 Å². The van der Waals surface area contributed by atoms with Gasteiger partial charge in [-0.15, -0.1) is 0 Å². The predicted octanol–water partition coefficient (Wildman–Crippen LogP) is 4.33. The van der Waals surface area contributed by atoms with Crippen LogP contribution < -0.4 is 14.9 Å². The van der Waals surface area contributed by atoms with E-state index < -0.39 is 17.1 Å². The molecule has 174 valence electrons. The minimum Gasteiger partial charge on any atom is -0.507 e. The van der Waals surface area contributed by atoms with Crippen LogP contribution in [0.1, 0.15) is 26.3 Å². The normalized spacial score (nSPS) is 10.8. The van der Waals surface area contributed by atoms with Gasteiger partial charge in [0, 0.05) is 23.8 Å². The van der Waals surface area contributed by atoms with E-state index in [1.165, 1.54) is 7.11 Å². The number of phenols is 2. The van der Waals surface area contributed by atoms with Crippen molar-refractivity contribution in [3.05, 3.63) is 57.8 Å². The van der Waals surface area contributed by atoms with E-state index in [9.17, 15) is 19.8 Å². The molecule has 0 aliphatic carbocycles. The molecule has 0 bridgehead atoms. The van der Waals surface area contributed by atoms with E-state index in [4.69, 9.17) is 18.6 Å². The highest BCUT2D eigenvalue weighted by atomic mass is 16.6. The molecule has 2 aromatic carbocycles. The number of esters is 1. The Balaban J connectivity index is 2.32. The Hall–Kier alpha value is -3.78. The van der Waals surface area contributed by atoms with Crippen LogP contribution in [0.5, 0.6) is 23.0 Å². The average Bonchev–Trinajstić information content (AvgIpc) is 2.78. The second-order valence-electron chi connectivity index (χ2n) is 7.51. The molecule has 0 saturated carbocycles. The minimum atomic E-state index is -0.790. The van der Waals surface area contributed by atoms with Crippen LogP contribution in [0.4, 0.5) is 0 Å². The number of carbonyl (C=O) groups is 1. The Labute approximate surface area is 190 Å². The zero-order valence-electron chi connectivity index (χ0n) is 18.9. The summed E-state index contributed by atoms with van der Waals surface area (Å²) in [5.74, 6) is -1.32. The minimum absolute atomic E-state index is 0.00502. The van der Waals surface area contributed by atoms with Gasteiger partial charge < -0.3 is 28.8 Å². The molecule has 3 aromatic rings. The molecule has 0 amide bonds. The number of carbonyl (C=O) groups excluding carboxylic acids is 1. The third kappa shape index (κ3) is 5.18. The van der Waals surface area contributed by atoms with E-state index in [0.717, 1.165) is 11.6 Å². The number of hydrogen-bond donors (Lipinski definition) is 2. The van der Waals surface area contributed by atoms with Crippen molar-refractivity contribution >= 4 is 16.9 Å². The molecule has 0 spiro atoms. The van der Waals surface area contributed by atoms with Gasteiger partial charge in [-0.05, 0) is 51.5 Å². The van der Waals surface area contributed by atoms with Crippen molar-refractivity contribution in [2.75, 3.05) is 20.3 Å². The third-order valence-corrected chi connectivity index (χ3v) is 4.89. The van der Waals surface area contributed by atoms with Crippen LogP contribution >= 0.6 is 0 Å². The predicted molar refractivity (Wildman–Crippen MR) is 123 cm³/mol. The number of rotatable bonds is 8. The summed E-state index contributed by atoms with van der Waals surface area (Å²) in [5.41, 5.74) is 1.01. The number of benzene rings is 2. The highest BCUT2D eigenvalue weighted by Gasteiger charge is 2.25. The van der Waals surface area contributed by atoms with Crippen LogP contribution in [-0.4, -0.2) is 36.5 Å². The maximum Gasteiger partial charge on any atom is 0.337 e. The molecule has 1 heterocycles. The number of ether oxygens (including phenoxy) is 3. The van der Waals surface area contributed by atoms with Gasteiger partial charge in [0.15, 0.2) is 5.76 Å². The zero-order valence-corrected chi connectivity index (χ0v) is 18.9. The number of methoxy groups -OCH3 is 1. The van der Waals surface area contributed by atoms with E-state index in [1.807, 2.05) is 19.9 Å². The Morgan fingerprint density at radius 2 is 1.82 bits per heavy atom. The molecule has 0 fully saturated rings. The van der Waals surface area contributed by atoms with Gasteiger partial charge in [0.05, 0.1) is 7.11 Å². The Bertz CT molecular complexity index is 1250. The lowest BCUT2D eigenvalue weighted by atomic mass is 10.0. The standard InChI is InChI=1S/C25H26O8/c1-5-31-13-20(28)32-25-22(29)21-19(27)12-18(26)17(11-6-14(2)3)24(21)33-23(25)15-7-9-16(30-4)10-8-15/h6-10,12,26-27H,5,11,13H2,1-4H3. The maximum absolute atomic E-state index is 13.4. The fraction of sp³-hybridized carbons (Fsp3) is 0.280. The highest BCUT2D eigenvalue weighted by Crippen LogP contribution is 2.39. The number of fused-ring (bicyclic) bond motifs is 1. The summed E-state index contributed by atoms with van der Waals surface area (Å²) >= 11 is 0. The second kappa shape index (κ2) is 10.2. The van der Waals surface area contributed by atoms with E-state index in [-0.39, 0.29) is 41.3 Å². The molecule has 8 heteroatoms. The average molecular weight is 454 g/mol. The maximum atomic E-state index is 13.4. The summed E-state index contributed by atoms with van der Waals surface area (Å²) in [6, 6.07) is 7.68. The van der Waals surface area contributed by atoms with Crippen molar-refractivity contribution in [1.82, 2.24) is 0 Å². The van der Waals surface area contributed by atoms with Crippen molar-refractivity contribution in [3.63, 3.8) is 0 Å². The van der Waals surface area contributed by atoms with E-state index in [2.05, 4.69) is 0 Å². The molecule has 8 nitrogen and oxygen atoms in total. The molecule has 0 aliphatic rings. The van der Waals surface area contributed by atoms with Crippen molar-refractivity contribution in [1.29, 1.82) is 0 Å². The number of phenolic OH excluding ortho intramolecular Hbond substituents is 2. The first-order chi connectivity index (χ1) is 15.8. The molecular formula is C25H26O8. The lowest BCUT2D eigenvalue weighted by molar-refractivity contribution is -0.139. The van der Waals surface area contributed by atoms with Crippen LogP contribution in [-0.2, 0) is 16.0 Å². The Morgan fingerprint density at radius 1 is 1.12 bits per heavy atom. The molecular weight excluding hydrogens is 428 g/mol. The van der Waals surface area contributed by atoms with E-state index in [0.29, 0.717) is 23.5 Å². The van der Waals surface area contributed by atoms with Gasteiger partial charge in [-0.1, -0.05) is 11.6 Å². The molecule has 1 aromatic heterocycles. The van der Waals surface area contributed by atoms with Crippen molar-refractivity contribution < 1.29 is 33.6 Å². The first kappa shape index (κ1) is 23.9. The third-order valence-electron chi connectivity index (χ3n) is 4.89. The van der Waals surface area contributed by atoms with Gasteiger partial charge in [0.1, 0.15) is 34.8 Å². The quantitative estimate of drug-likeness (QED) is 0.382. The lowest BCUT2D eigenvalue weighted by Gasteiger charge is -2.14. The second-order valence-corrected chi connectivity index (χ2v) is 7.51. The lowest BCUT2D eigenvalue weighted by Crippen LogP contribution is -2.20. The summed E-state index contributed by atoms with van der Waals surface area (Å²) < 4.78 is 21.6. The van der Waals surface area contributed by atoms with Crippen LogP contribution in [0.2, 0.25) is 0 Å². The van der Waals surface area contributed by atoms with Gasteiger partial charge in [-0.25, -0.2) is 4.79 Å². The summed E-state index contributed by atoms with van der Waals surface area (Å²) in [7, 11) is 1.52. The van der Waals surface area contributed by atoms with E-state index >= 15 is 0 Å². The van der Waals surface area contributed by atoms with Crippen LogP contribution in [0, 0.1) is 0 Å². The van der Waals surface area contributed by atoms with Crippen molar-refractivity contribution in [3.8, 4) is 34.3 Å². The number of hydrogen-bond acceptors (Lipinski definition) is 8. The van der Waals surface area contributed by atoms with Gasteiger partial charge in [-0.3, -0.25) is 4.79 Å². The topological polar surface area (TPSA) is 115 Å². The summed E-state index contributed by atoms with van der Waals surface area (Å²) in [6.45, 7) is 5.45. The van der Waals surface area contributed by atoms with Gasteiger partial charge in [0.25, 0.3) is 0 Å². The summed E-state index contributed by atoms with van der Waals surface area (Å²) in [5, 5.41) is 20.7. The first-order valence-corrected chi connectivity index (χ1v) is 10.4. The SMILES string of the molecule is CCOCC(=O)Oc1c(-c2ccc(OC)cc2)oc2c(CC=C(C)C)c(O)cc(O)c2c1=O. The van der Waals surface area contributed by atoms with Crippen LogP contribution in [0.25, 0.3) is 22.3 Å². The molecule has 2 N–H and O–H groups in total. The van der Waals surface area contributed by atoms with Crippen molar-refractivity contribution in [2.45, 2.75) is 27.2 Å². The molecule has 33 heavy (non-hydrogen) atoms. The molecule has 0 saturated heterocycles. The monoisotopic (exact) mass is 454 g/mol. The van der Waals surface area contributed by atoms with Crippen LogP contribution in [0.3, 0.4) is 0 Å². The number of aromatic hydroxyl groups is 2. The Morgan fingerprint density at radius 3 is 2.42 bits per heavy atom. The van der Waals surface area contributed by atoms with Crippen molar-refractivity contribution in [2.24, 2.45) is 0 Å². The first-order valence-electron chi connectivity index (χ1n) is 10.4. The van der Waals surface area contributed by atoms with Crippen LogP contribution in [0.15, 0.2) is 51.2 Å². The van der Waals surface area contributed by atoms with Gasteiger partial charge in [-0.2, -0.15) is 0 Å². The highest BCUT2D eigenvalue weighted by molar-refractivity contribution is 5.92. The zero-order chi connectivity index (χ0) is 24.1. The van der Waals surface area contributed by atoms with Gasteiger partial charge in [0.2, 0.25) is 11.2 Å². The fourth-order valence-corrected chi connectivity index (χ4v) is 3.23. The smallest absolute Gasteiger partial charge is 0.337 e. The summed E-state index contributed by atoms with van der Waals surface area (Å²) in [6.07, 6.45) is 2.12. The Kier molecular flexibility index (Phi) is 7.40. The fourth-order valence-electron chi connectivity index (χ4n) is 3.23. The molecule has 0 aliphatic heterocycles. The largest absolute Gasteiger partial charge is 0.507 e. The molecule has 0 atom stereocenters. The molecule has 3 rings (SSSR count). The molecule has 0 radical (unpaired) electrons. The molecule has 0 unspecified atom stereocenters. The summed E-state index contributed by atoms with van der Waals surface area (Å²) in [4.78, 5) is 25.7.